The zero-order valence-corrected chi connectivity index (χ0v) is 13.8. The van der Waals surface area contributed by atoms with Gasteiger partial charge in [-0.05, 0) is 64.0 Å². The van der Waals surface area contributed by atoms with Gasteiger partial charge in [0, 0.05) is 18.8 Å². The first-order valence-corrected chi connectivity index (χ1v) is 8.50. The maximum absolute atomic E-state index is 5.81. The molecule has 1 aromatic heterocycles. The van der Waals surface area contributed by atoms with Gasteiger partial charge in [0.1, 0.15) is 12.4 Å². The van der Waals surface area contributed by atoms with Gasteiger partial charge in [0.05, 0.1) is 6.20 Å². The summed E-state index contributed by atoms with van der Waals surface area (Å²) in [6, 6.07) is 2.64. The highest BCUT2D eigenvalue weighted by Gasteiger charge is 2.22. The third-order valence-corrected chi connectivity index (χ3v) is 4.24. The zero-order valence-electron chi connectivity index (χ0n) is 13.8. The number of pyridine rings is 1. The van der Waals surface area contributed by atoms with E-state index in [1.165, 1.54) is 37.8 Å². The van der Waals surface area contributed by atoms with Crippen LogP contribution in [0.5, 0.6) is 5.75 Å². The Morgan fingerprint density at radius 1 is 1.32 bits per heavy atom. The number of nitrogens with one attached hydrogen (secondary N) is 1. The first-order valence-electron chi connectivity index (χ1n) is 8.50. The Labute approximate surface area is 134 Å². The summed E-state index contributed by atoms with van der Waals surface area (Å²) < 4.78 is 5.81. The van der Waals surface area contributed by atoms with E-state index in [4.69, 9.17) is 10.5 Å². The average molecular weight is 306 g/mol. The molecule has 5 heteroatoms. The molecule has 0 aliphatic carbocycles. The maximum atomic E-state index is 5.81. The van der Waals surface area contributed by atoms with Crippen molar-refractivity contribution in [3.05, 3.63) is 24.0 Å². The van der Waals surface area contributed by atoms with E-state index in [9.17, 15) is 0 Å². The standard InChI is InChI=1S/C17H30N4O/c1-21-10-5-6-17(21)15-12-16(14-20-13-15)22-11-9-19-8-4-2-3-7-18/h12-14,17,19H,2-11,18H2,1H3/t17-/m0/s1. The summed E-state index contributed by atoms with van der Waals surface area (Å²) in [5.74, 6) is 0.878. The minimum Gasteiger partial charge on any atom is -0.491 e. The Kier molecular flexibility index (Phi) is 7.63. The topological polar surface area (TPSA) is 63.4 Å². The molecule has 5 nitrogen and oxygen atoms in total. The predicted molar refractivity (Wildman–Crippen MR) is 90.1 cm³/mol. The van der Waals surface area contributed by atoms with Crippen molar-refractivity contribution >= 4 is 0 Å². The Balaban J connectivity index is 1.66. The number of nitrogens with two attached hydrogens (primary N) is 1. The Morgan fingerprint density at radius 3 is 3.00 bits per heavy atom. The van der Waals surface area contributed by atoms with E-state index < -0.39 is 0 Å². The molecule has 1 aliphatic rings. The third kappa shape index (κ3) is 5.55. The van der Waals surface area contributed by atoms with Crippen molar-refractivity contribution in [1.29, 1.82) is 0 Å². The molecule has 2 rings (SSSR count). The van der Waals surface area contributed by atoms with Crippen molar-refractivity contribution < 1.29 is 4.74 Å². The van der Waals surface area contributed by atoms with Crippen LogP contribution in [-0.2, 0) is 0 Å². The van der Waals surface area contributed by atoms with Crippen LogP contribution in [0.15, 0.2) is 18.5 Å². The van der Waals surface area contributed by atoms with Gasteiger partial charge in [-0.2, -0.15) is 0 Å². The minimum atomic E-state index is 0.497. The highest BCUT2D eigenvalue weighted by molar-refractivity contribution is 5.26. The fourth-order valence-corrected chi connectivity index (χ4v) is 2.97. The molecule has 1 atom stereocenters. The third-order valence-electron chi connectivity index (χ3n) is 4.24. The number of unbranched alkanes of at least 4 members (excludes halogenated alkanes) is 2. The Hall–Kier alpha value is -1.17. The molecule has 0 spiro atoms. The van der Waals surface area contributed by atoms with E-state index in [1.807, 2.05) is 6.20 Å². The Bertz CT molecular complexity index is 427. The highest BCUT2D eigenvalue weighted by Crippen LogP contribution is 2.31. The van der Waals surface area contributed by atoms with Crippen LogP contribution in [-0.4, -0.2) is 49.7 Å². The number of likely N-dealkylation sites (tertiary alicyclic amines) is 1. The number of rotatable bonds is 10. The molecule has 3 N–H and O–H groups in total. The first kappa shape index (κ1) is 17.2. The normalized spacial score (nSPS) is 18.7. The summed E-state index contributed by atoms with van der Waals surface area (Å²) in [4.78, 5) is 6.72. The number of nitrogens with zero attached hydrogens (tertiary/aromatic N) is 2. The van der Waals surface area contributed by atoms with Crippen molar-refractivity contribution in [2.75, 3.05) is 39.8 Å². The highest BCUT2D eigenvalue weighted by atomic mass is 16.5. The molecule has 1 fully saturated rings. The van der Waals surface area contributed by atoms with Crippen molar-refractivity contribution in [3.63, 3.8) is 0 Å². The molecule has 0 bridgehead atoms. The van der Waals surface area contributed by atoms with Gasteiger partial charge in [0.15, 0.2) is 0 Å². The first-order chi connectivity index (χ1) is 10.8. The second kappa shape index (κ2) is 9.77. The van der Waals surface area contributed by atoms with Crippen molar-refractivity contribution in [3.8, 4) is 5.75 Å². The SMILES string of the molecule is CN1CCC[C@H]1c1cncc(OCCNCCCCCN)c1. The van der Waals surface area contributed by atoms with Crippen LogP contribution >= 0.6 is 0 Å². The fraction of sp³-hybridized carbons (Fsp3) is 0.706. The van der Waals surface area contributed by atoms with Crippen LogP contribution in [0, 0.1) is 0 Å². The average Bonchev–Trinajstić information content (AvgIpc) is 2.96. The summed E-state index contributed by atoms with van der Waals surface area (Å²) in [5.41, 5.74) is 6.74. The van der Waals surface area contributed by atoms with E-state index in [1.54, 1.807) is 6.20 Å². The van der Waals surface area contributed by atoms with Gasteiger partial charge >= 0.3 is 0 Å². The van der Waals surface area contributed by atoms with E-state index >= 15 is 0 Å². The van der Waals surface area contributed by atoms with Gasteiger partial charge in [-0.1, -0.05) is 6.42 Å². The van der Waals surface area contributed by atoms with Crippen LogP contribution in [0.1, 0.15) is 43.7 Å². The summed E-state index contributed by atoms with van der Waals surface area (Å²) in [6.07, 6.45) is 9.75. The quantitative estimate of drug-likeness (QED) is 0.647. The van der Waals surface area contributed by atoms with E-state index in [0.717, 1.165) is 31.8 Å². The predicted octanol–water partition coefficient (Wildman–Crippen LogP) is 1.95. The van der Waals surface area contributed by atoms with Gasteiger partial charge in [-0.25, -0.2) is 0 Å². The lowest BCUT2D eigenvalue weighted by molar-refractivity contribution is 0.303. The lowest BCUT2D eigenvalue weighted by Gasteiger charge is -2.19. The molecule has 0 unspecified atom stereocenters. The van der Waals surface area contributed by atoms with Crippen LogP contribution < -0.4 is 15.8 Å². The van der Waals surface area contributed by atoms with E-state index in [2.05, 4.69) is 28.3 Å². The number of ether oxygens (including phenoxy) is 1. The molecular formula is C17H30N4O. The monoisotopic (exact) mass is 306 g/mol. The van der Waals surface area contributed by atoms with E-state index in [0.29, 0.717) is 12.6 Å². The van der Waals surface area contributed by atoms with Crippen LogP contribution in [0.25, 0.3) is 0 Å². The number of aromatic nitrogens is 1. The molecule has 22 heavy (non-hydrogen) atoms. The zero-order chi connectivity index (χ0) is 15.6. The largest absolute Gasteiger partial charge is 0.491 e. The van der Waals surface area contributed by atoms with Crippen LogP contribution in [0.3, 0.4) is 0 Å². The van der Waals surface area contributed by atoms with Gasteiger partial charge < -0.3 is 15.8 Å². The smallest absolute Gasteiger partial charge is 0.137 e. The molecular weight excluding hydrogens is 276 g/mol. The van der Waals surface area contributed by atoms with Crippen molar-refractivity contribution in [2.24, 2.45) is 5.73 Å². The molecule has 0 radical (unpaired) electrons. The number of hydrogen-bond donors (Lipinski definition) is 2. The van der Waals surface area contributed by atoms with Crippen molar-refractivity contribution in [1.82, 2.24) is 15.2 Å². The molecule has 1 aromatic rings. The number of hydrogen-bond acceptors (Lipinski definition) is 5. The lowest BCUT2D eigenvalue weighted by atomic mass is 10.1. The molecule has 0 amide bonds. The summed E-state index contributed by atoms with van der Waals surface area (Å²) in [7, 11) is 2.18. The van der Waals surface area contributed by atoms with Gasteiger partial charge in [-0.15, -0.1) is 0 Å². The molecule has 2 heterocycles. The second-order valence-electron chi connectivity index (χ2n) is 6.04. The van der Waals surface area contributed by atoms with Crippen LogP contribution in [0.2, 0.25) is 0 Å². The molecule has 0 saturated carbocycles. The lowest BCUT2D eigenvalue weighted by Crippen LogP contribution is -2.22. The summed E-state index contributed by atoms with van der Waals surface area (Å²) in [5, 5.41) is 3.40. The minimum absolute atomic E-state index is 0.497. The molecule has 1 aliphatic heterocycles. The molecule has 1 saturated heterocycles. The van der Waals surface area contributed by atoms with Gasteiger partial charge in [0.2, 0.25) is 0 Å². The molecule has 0 aromatic carbocycles. The van der Waals surface area contributed by atoms with Gasteiger partial charge in [-0.3, -0.25) is 9.88 Å². The van der Waals surface area contributed by atoms with Gasteiger partial charge in [0.25, 0.3) is 0 Å². The van der Waals surface area contributed by atoms with Crippen LogP contribution in [0.4, 0.5) is 0 Å². The second-order valence-corrected chi connectivity index (χ2v) is 6.04. The van der Waals surface area contributed by atoms with E-state index in [-0.39, 0.29) is 0 Å². The maximum Gasteiger partial charge on any atom is 0.137 e. The van der Waals surface area contributed by atoms with Crippen molar-refractivity contribution in [2.45, 2.75) is 38.1 Å². The fourth-order valence-electron chi connectivity index (χ4n) is 2.97. The summed E-state index contributed by atoms with van der Waals surface area (Å²) in [6.45, 7) is 4.56. The summed E-state index contributed by atoms with van der Waals surface area (Å²) >= 11 is 0. The molecule has 124 valence electrons. The Morgan fingerprint density at radius 2 is 2.23 bits per heavy atom.